The number of benzene rings is 3. The summed E-state index contributed by atoms with van der Waals surface area (Å²) in [6.45, 7) is 8.24. The lowest BCUT2D eigenvalue weighted by Crippen LogP contribution is -2.26. The molecule has 0 unspecified atom stereocenters. The Kier molecular flexibility index (Phi) is 7.91. The molecule has 1 heterocycles. The van der Waals surface area contributed by atoms with Crippen molar-refractivity contribution in [1.29, 1.82) is 0 Å². The van der Waals surface area contributed by atoms with Crippen molar-refractivity contribution in [2.45, 2.75) is 59.1 Å². The number of carbonyl (C=O) groups is 1. The van der Waals surface area contributed by atoms with Crippen LogP contribution in [0.4, 0.5) is 4.79 Å². The number of aryl methyl sites for hydroxylation is 1. The van der Waals surface area contributed by atoms with E-state index in [0.717, 1.165) is 52.8 Å². The highest BCUT2D eigenvalue weighted by molar-refractivity contribution is 6.42. The summed E-state index contributed by atoms with van der Waals surface area (Å²) in [5.74, 6) is 1.47. The Hall–Kier alpha value is -3.02. The molecule has 0 spiro atoms. The van der Waals surface area contributed by atoms with E-state index in [2.05, 4.69) is 23.6 Å². The number of nitrogens with zero attached hydrogens (tertiary/aromatic N) is 2. The van der Waals surface area contributed by atoms with Crippen molar-refractivity contribution in [2.24, 2.45) is 0 Å². The Labute approximate surface area is 222 Å². The number of para-hydroxylation sites is 1. The van der Waals surface area contributed by atoms with Crippen LogP contribution in [0.15, 0.2) is 60.7 Å². The summed E-state index contributed by atoms with van der Waals surface area (Å²) in [6.07, 6.45) is 2.30. The zero-order valence-corrected chi connectivity index (χ0v) is 22.5. The summed E-state index contributed by atoms with van der Waals surface area (Å²) in [5.41, 5.74) is 4.06. The number of rotatable bonds is 7. The van der Waals surface area contributed by atoms with E-state index in [9.17, 15) is 4.79 Å². The third-order valence-electron chi connectivity index (χ3n) is 5.70. The van der Waals surface area contributed by atoms with Gasteiger partial charge in [-0.1, -0.05) is 79.0 Å². The molecule has 0 aliphatic carbocycles. The molecular weight excluding hydrogens is 495 g/mol. The van der Waals surface area contributed by atoms with Crippen molar-refractivity contribution >= 4 is 40.4 Å². The summed E-state index contributed by atoms with van der Waals surface area (Å²) in [4.78, 5) is 17.1. The van der Waals surface area contributed by atoms with Crippen LogP contribution in [0, 0.1) is 0 Å². The van der Waals surface area contributed by atoms with E-state index in [0.29, 0.717) is 22.3 Å². The first kappa shape index (κ1) is 26.1. The number of fused-ring (bicyclic) bond motifs is 1. The second kappa shape index (κ2) is 10.9. The van der Waals surface area contributed by atoms with Gasteiger partial charge in [-0.3, -0.25) is 0 Å². The van der Waals surface area contributed by atoms with E-state index in [-0.39, 0.29) is 0 Å². The van der Waals surface area contributed by atoms with Gasteiger partial charge in [0.25, 0.3) is 0 Å². The third kappa shape index (κ3) is 6.21. The molecular formula is C29H30Cl2N2O3. The Morgan fingerprint density at radius 3 is 2.39 bits per heavy atom. The molecule has 0 radical (unpaired) electrons. The van der Waals surface area contributed by atoms with Crippen molar-refractivity contribution in [3.8, 4) is 16.9 Å². The first-order valence-corrected chi connectivity index (χ1v) is 12.8. The van der Waals surface area contributed by atoms with Crippen LogP contribution in [0.5, 0.6) is 5.75 Å². The number of halogens is 2. The minimum absolute atomic E-state index is 0.452. The van der Waals surface area contributed by atoms with E-state index in [1.165, 1.54) is 0 Å². The van der Waals surface area contributed by atoms with Gasteiger partial charge in [-0.25, -0.2) is 9.78 Å². The lowest BCUT2D eigenvalue weighted by molar-refractivity contribution is 0.0207. The molecule has 0 amide bonds. The van der Waals surface area contributed by atoms with Crippen molar-refractivity contribution in [1.82, 2.24) is 9.55 Å². The summed E-state index contributed by atoms with van der Waals surface area (Å²) < 4.78 is 13.0. The molecule has 0 aliphatic heterocycles. The van der Waals surface area contributed by atoms with Crippen LogP contribution in [0.25, 0.3) is 22.2 Å². The molecule has 188 valence electrons. The molecule has 0 N–H and O–H groups in total. The minimum atomic E-state index is -0.725. The molecule has 0 aliphatic rings. The van der Waals surface area contributed by atoms with Crippen molar-refractivity contribution in [2.75, 3.05) is 0 Å². The van der Waals surface area contributed by atoms with Gasteiger partial charge in [-0.05, 0) is 56.5 Å². The molecule has 0 saturated heterocycles. The average Bonchev–Trinajstić information content (AvgIpc) is 3.13. The maximum atomic E-state index is 12.2. The number of carbonyl (C=O) groups excluding carboxylic acids is 1. The quantitative estimate of drug-likeness (QED) is 0.179. The fraction of sp³-hybridized carbons (Fsp3) is 0.310. The highest BCUT2D eigenvalue weighted by atomic mass is 35.5. The summed E-state index contributed by atoms with van der Waals surface area (Å²) >= 11 is 12.6. The molecule has 0 atom stereocenters. The van der Waals surface area contributed by atoms with Crippen LogP contribution in [0.1, 0.15) is 51.9 Å². The topological polar surface area (TPSA) is 53.4 Å². The van der Waals surface area contributed by atoms with Crippen LogP contribution in [-0.2, 0) is 17.7 Å². The van der Waals surface area contributed by atoms with Crippen LogP contribution in [-0.4, -0.2) is 21.3 Å². The van der Waals surface area contributed by atoms with Gasteiger partial charge in [0.15, 0.2) is 0 Å². The first-order chi connectivity index (χ1) is 17.1. The van der Waals surface area contributed by atoms with Crippen molar-refractivity contribution in [3.05, 3.63) is 82.1 Å². The molecule has 0 saturated carbocycles. The van der Waals surface area contributed by atoms with Gasteiger partial charge in [0, 0.05) is 18.5 Å². The maximum Gasteiger partial charge on any atom is 0.514 e. The largest absolute Gasteiger partial charge is 0.514 e. The Morgan fingerprint density at radius 2 is 1.69 bits per heavy atom. The van der Waals surface area contributed by atoms with Crippen molar-refractivity contribution in [3.63, 3.8) is 0 Å². The molecule has 3 aromatic carbocycles. The summed E-state index contributed by atoms with van der Waals surface area (Å²) in [6, 6.07) is 19.4. The Morgan fingerprint density at radius 1 is 1.00 bits per heavy atom. The van der Waals surface area contributed by atoms with Crippen LogP contribution in [0.2, 0.25) is 10.0 Å². The zero-order chi connectivity index (χ0) is 25.9. The maximum absolute atomic E-state index is 12.2. The Bertz CT molecular complexity index is 1370. The van der Waals surface area contributed by atoms with Gasteiger partial charge in [-0.2, -0.15) is 0 Å². The normalized spacial score (nSPS) is 11.6. The highest BCUT2D eigenvalue weighted by Gasteiger charge is 2.19. The number of ether oxygens (including phenoxy) is 2. The molecule has 7 heteroatoms. The third-order valence-corrected chi connectivity index (χ3v) is 6.42. The zero-order valence-electron chi connectivity index (χ0n) is 21.0. The second-order valence-electron chi connectivity index (χ2n) is 9.73. The fourth-order valence-corrected chi connectivity index (χ4v) is 4.32. The van der Waals surface area contributed by atoms with Gasteiger partial charge in [0.2, 0.25) is 0 Å². The minimum Gasteiger partial charge on any atom is -0.428 e. The van der Waals surface area contributed by atoms with Crippen LogP contribution in [0.3, 0.4) is 0 Å². The molecule has 4 aromatic rings. The van der Waals surface area contributed by atoms with E-state index in [1.807, 2.05) is 42.5 Å². The number of unbranched alkanes of at least 4 members (excludes halogenated alkanes) is 1. The predicted octanol–water partition coefficient (Wildman–Crippen LogP) is 8.71. The fourth-order valence-electron chi connectivity index (χ4n) is 4.00. The van der Waals surface area contributed by atoms with E-state index in [1.54, 1.807) is 26.8 Å². The number of aromatic nitrogens is 2. The smallest absolute Gasteiger partial charge is 0.428 e. The van der Waals surface area contributed by atoms with Crippen LogP contribution < -0.4 is 4.74 Å². The molecule has 1 aromatic heterocycles. The highest BCUT2D eigenvalue weighted by Crippen LogP contribution is 2.32. The van der Waals surface area contributed by atoms with Gasteiger partial charge >= 0.3 is 6.16 Å². The van der Waals surface area contributed by atoms with Crippen molar-refractivity contribution < 1.29 is 14.3 Å². The second-order valence-corrected chi connectivity index (χ2v) is 10.5. The first-order valence-electron chi connectivity index (χ1n) is 12.1. The number of imidazole rings is 1. The summed E-state index contributed by atoms with van der Waals surface area (Å²) in [7, 11) is 0. The predicted molar refractivity (Wildman–Crippen MR) is 146 cm³/mol. The van der Waals surface area contributed by atoms with E-state index < -0.39 is 11.8 Å². The summed E-state index contributed by atoms with van der Waals surface area (Å²) in [5, 5.41) is 1.02. The van der Waals surface area contributed by atoms with Crippen LogP contribution >= 0.6 is 23.2 Å². The monoisotopic (exact) mass is 524 g/mol. The molecule has 0 bridgehead atoms. The number of hydrogen-bond donors (Lipinski definition) is 0. The molecule has 36 heavy (non-hydrogen) atoms. The lowest BCUT2D eigenvalue weighted by Gasteiger charge is -2.19. The molecule has 5 nitrogen and oxygen atoms in total. The molecule has 4 rings (SSSR count). The van der Waals surface area contributed by atoms with Gasteiger partial charge in [-0.15, -0.1) is 0 Å². The SMILES string of the molecule is CCCCc1nc2cc(Cl)c(Cl)cc2n1Cc1ccc(-c2ccccc2OC(=O)OC(C)(C)C)cc1. The van der Waals surface area contributed by atoms with Gasteiger partial charge < -0.3 is 14.0 Å². The number of hydrogen-bond acceptors (Lipinski definition) is 4. The van der Waals surface area contributed by atoms with Gasteiger partial charge in [0.05, 0.1) is 21.1 Å². The van der Waals surface area contributed by atoms with E-state index in [4.69, 9.17) is 37.7 Å². The van der Waals surface area contributed by atoms with E-state index >= 15 is 0 Å². The lowest BCUT2D eigenvalue weighted by atomic mass is 10.0. The van der Waals surface area contributed by atoms with Gasteiger partial charge in [0.1, 0.15) is 17.2 Å². The molecule has 0 fully saturated rings. The average molecular weight is 525 g/mol. The standard InChI is InChI=1S/C29H30Cl2N2O3/c1-5-6-11-27-32-24-16-22(30)23(31)17-25(24)33(27)18-19-12-14-20(15-13-19)21-9-7-8-10-26(21)35-28(34)36-29(2,3)4/h7-10,12-17H,5-6,11,18H2,1-4H3. The Balaban J connectivity index is 1.61.